The Bertz CT molecular complexity index is 487. The minimum atomic E-state index is -0.00725. The zero-order valence-electron chi connectivity index (χ0n) is 9.53. The number of fused-ring (bicyclic) bond motifs is 1. The van der Waals surface area contributed by atoms with E-state index >= 15 is 0 Å². The topological polar surface area (TPSA) is 58.1 Å². The van der Waals surface area contributed by atoms with Crippen LogP contribution in [0.15, 0.2) is 0 Å². The summed E-state index contributed by atoms with van der Waals surface area (Å²) >= 11 is 5.87. The number of nitrogens with zero attached hydrogens (tertiary/aromatic N) is 3. The van der Waals surface area contributed by atoms with Crippen molar-refractivity contribution >= 4 is 29.0 Å². The number of hydrogen-bond donors (Lipinski definition) is 1. The molecule has 0 aromatic carbocycles. The third kappa shape index (κ3) is 2.07. The van der Waals surface area contributed by atoms with Crippen LogP contribution in [0.5, 0.6) is 0 Å². The van der Waals surface area contributed by atoms with E-state index in [9.17, 15) is 4.79 Å². The number of hydrogen-bond acceptors (Lipinski definition) is 4. The van der Waals surface area contributed by atoms with Crippen LogP contribution >= 0.6 is 11.6 Å². The summed E-state index contributed by atoms with van der Waals surface area (Å²) in [7, 11) is 0. The zero-order chi connectivity index (χ0) is 12.0. The molecule has 1 aliphatic heterocycles. The van der Waals surface area contributed by atoms with E-state index in [4.69, 9.17) is 11.6 Å². The van der Waals surface area contributed by atoms with Gasteiger partial charge in [0.2, 0.25) is 11.2 Å². The minimum Gasteiger partial charge on any atom is -0.345 e. The third-order valence-corrected chi connectivity index (χ3v) is 3.29. The largest absolute Gasteiger partial charge is 0.345 e. The number of anilines is 2. The summed E-state index contributed by atoms with van der Waals surface area (Å²) in [6.45, 7) is 3.07. The van der Waals surface area contributed by atoms with Crippen molar-refractivity contribution in [3.8, 4) is 0 Å². The molecular weight excluding hydrogens is 240 g/mol. The van der Waals surface area contributed by atoms with Crippen LogP contribution < -0.4 is 10.2 Å². The molecule has 0 spiro atoms. The van der Waals surface area contributed by atoms with Crippen LogP contribution in [0.1, 0.15) is 18.5 Å². The van der Waals surface area contributed by atoms with Crippen molar-refractivity contribution in [2.24, 2.45) is 5.92 Å². The Balaban J connectivity index is 2.00. The van der Waals surface area contributed by atoms with E-state index in [0.717, 1.165) is 12.4 Å². The van der Waals surface area contributed by atoms with Crippen LogP contribution in [0.25, 0.3) is 0 Å². The van der Waals surface area contributed by atoms with Crippen molar-refractivity contribution in [3.05, 3.63) is 11.0 Å². The summed E-state index contributed by atoms with van der Waals surface area (Å²) in [5, 5.41) is 3.05. The van der Waals surface area contributed by atoms with Crippen LogP contribution in [0.2, 0.25) is 5.28 Å². The average Bonchev–Trinajstić information content (AvgIpc) is 3.04. The molecule has 1 N–H and O–H groups in total. The molecule has 0 saturated heterocycles. The Kier molecular flexibility index (Phi) is 2.43. The molecule has 6 heteroatoms. The molecule has 17 heavy (non-hydrogen) atoms. The van der Waals surface area contributed by atoms with Crippen LogP contribution in [0.4, 0.5) is 11.5 Å². The summed E-state index contributed by atoms with van der Waals surface area (Å²) in [6, 6.07) is 0. The number of amides is 1. The van der Waals surface area contributed by atoms with Gasteiger partial charge in [-0.15, -0.1) is 0 Å². The summed E-state index contributed by atoms with van der Waals surface area (Å²) in [6.07, 6.45) is 2.48. The second kappa shape index (κ2) is 3.84. The summed E-state index contributed by atoms with van der Waals surface area (Å²) in [5.74, 6) is 1.45. The van der Waals surface area contributed by atoms with Gasteiger partial charge in [0.1, 0.15) is 5.69 Å². The highest BCUT2D eigenvalue weighted by molar-refractivity contribution is 6.28. The zero-order valence-corrected chi connectivity index (χ0v) is 10.3. The van der Waals surface area contributed by atoms with Crippen LogP contribution in [0.3, 0.4) is 0 Å². The number of carbonyl (C=O) groups is 1. The van der Waals surface area contributed by atoms with Gasteiger partial charge in [-0.3, -0.25) is 4.79 Å². The van der Waals surface area contributed by atoms with Gasteiger partial charge in [0.05, 0.1) is 12.2 Å². The molecule has 2 aliphatic rings. The number of halogens is 1. The first-order chi connectivity index (χ1) is 8.13. The van der Waals surface area contributed by atoms with Gasteiger partial charge in [0, 0.05) is 6.54 Å². The first-order valence-electron chi connectivity index (χ1n) is 5.72. The van der Waals surface area contributed by atoms with Crippen LogP contribution in [-0.2, 0) is 4.79 Å². The van der Waals surface area contributed by atoms with Gasteiger partial charge in [-0.1, -0.05) is 0 Å². The quantitative estimate of drug-likeness (QED) is 0.813. The van der Waals surface area contributed by atoms with E-state index in [1.165, 1.54) is 12.8 Å². The molecule has 0 bridgehead atoms. The van der Waals surface area contributed by atoms with Gasteiger partial charge >= 0.3 is 0 Å². The second-order valence-corrected chi connectivity index (χ2v) is 4.99. The van der Waals surface area contributed by atoms with E-state index in [1.807, 2.05) is 11.8 Å². The Labute approximate surface area is 104 Å². The fourth-order valence-corrected chi connectivity index (χ4v) is 2.30. The normalized spacial score (nSPS) is 18.9. The monoisotopic (exact) mass is 252 g/mol. The number of carbonyl (C=O) groups excluding carboxylic acids is 1. The van der Waals surface area contributed by atoms with Crippen molar-refractivity contribution in [2.45, 2.75) is 19.8 Å². The second-order valence-electron chi connectivity index (χ2n) is 4.65. The van der Waals surface area contributed by atoms with Crippen LogP contribution in [0, 0.1) is 12.8 Å². The third-order valence-electron chi connectivity index (χ3n) is 3.12. The molecule has 1 amide bonds. The molecule has 0 unspecified atom stereocenters. The predicted octanol–water partition coefficient (Wildman–Crippen LogP) is 1.61. The van der Waals surface area contributed by atoms with Gasteiger partial charge in [-0.2, -0.15) is 4.98 Å². The van der Waals surface area contributed by atoms with Crippen molar-refractivity contribution in [1.82, 2.24) is 9.97 Å². The molecule has 1 fully saturated rings. The maximum atomic E-state index is 11.6. The smallest absolute Gasteiger partial charge is 0.244 e. The first-order valence-corrected chi connectivity index (χ1v) is 6.10. The van der Waals surface area contributed by atoms with Crippen molar-refractivity contribution < 1.29 is 4.79 Å². The fraction of sp³-hybridized carbons (Fsp3) is 0.545. The lowest BCUT2D eigenvalue weighted by atomic mass is 10.2. The highest BCUT2D eigenvalue weighted by atomic mass is 35.5. The Morgan fingerprint density at radius 1 is 1.47 bits per heavy atom. The van der Waals surface area contributed by atoms with Gasteiger partial charge in [-0.25, -0.2) is 4.98 Å². The lowest BCUT2D eigenvalue weighted by Gasteiger charge is -2.30. The van der Waals surface area contributed by atoms with Crippen molar-refractivity contribution in [2.75, 3.05) is 23.3 Å². The molecule has 1 aliphatic carbocycles. The van der Waals surface area contributed by atoms with E-state index in [0.29, 0.717) is 23.8 Å². The molecule has 1 aromatic rings. The fourth-order valence-electron chi connectivity index (χ4n) is 2.09. The maximum Gasteiger partial charge on any atom is 0.244 e. The SMILES string of the molecule is Cc1nc(Cl)nc2c1NC(=O)CN2CC1CC1. The van der Waals surface area contributed by atoms with Gasteiger partial charge in [0.25, 0.3) is 0 Å². The molecule has 0 radical (unpaired) electrons. The van der Waals surface area contributed by atoms with Gasteiger partial charge in [0.15, 0.2) is 5.82 Å². The summed E-state index contributed by atoms with van der Waals surface area (Å²) in [5.41, 5.74) is 1.42. The number of aromatic nitrogens is 2. The maximum absolute atomic E-state index is 11.6. The highest BCUT2D eigenvalue weighted by Gasteiger charge is 2.31. The Morgan fingerprint density at radius 2 is 2.24 bits per heavy atom. The number of aryl methyl sites for hydroxylation is 1. The minimum absolute atomic E-state index is 0.00725. The van der Waals surface area contributed by atoms with Gasteiger partial charge < -0.3 is 10.2 Å². The van der Waals surface area contributed by atoms with Crippen molar-refractivity contribution in [3.63, 3.8) is 0 Å². The van der Waals surface area contributed by atoms with E-state index in [1.54, 1.807) is 0 Å². The van der Waals surface area contributed by atoms with E-state index in [-0.39, 0.29) is 11.2 Å². The molecule has 1 aromatic heterocycles. The highest BCUT2D eigenvalue weighted by Crippen LogP contribution is 2.35. The van der Waals surface area contributed by atoms with Crippen LogP contribution in [-0.4, -0.2) is 29.0 Å². The van der Waals surface area contributed by atoms with Gasteiger partial charge in [-0.05, 0) is 37.3 Å². The first kappa shape index (κ1) is 10.8. The standard InChI is InChI=1S/C11H13ClN4O/c1-6-9-10(15-11(12)13-6)16(4-7-2-3-7)5-8(17)14-9/h7H,2-5H2,1H3,(H,14,17). The molecule has 3 rings (SSSR count). The molecule has 5 nitrogen and oxygen atoms in total. The molecule has 0 atom stereocenters. The Hall–Kier alpha value is -1.36. The lowest BCUT2D eigenvalue weighted by Crippen LogP contribution is -2.40. The summed E-state index contributed by atoms with van der Waals surface area (Å²) in [4.78, 5) is 21.9. The predicted molar refractivity (Wildman–Crippen MR) is 65.3 cm³/mol. The molecule has 2 heterocycles. The molecule has 1 saturated carbocycles. The van der Waals surface area contributed by atoms with E-state index in [2.05, 4.69) is 15.3 Å². The summed E-state index contributed by atoms with van der Waals surface area (Å²) < 4.78 is 0. The number of nitrogens with one attached hydrogen (secondary N) is 1. The average molecular weight is 253 g/mol. The van der Waals surface area contributed by atoms with E-state index < -0.39 is 0 Å². The number of rotatable bonds is 2. The Morgan fingerprint density at radius 3 is 2.94 bits per heavy atom. The van der Waals surface area contributed by atoms with Crippen molar-refractivity contribution in [1.29, 1.82) is 0 Å². The molecule has 90 valence electrons. The molecular formula is C11H13ClN4O. The lowest BCUT2D eigenvalue weighted by molar-refractivity contribution is -0.115.